The number of nitrogens with zero attached hydrogens (tertiary/aromatic N) is 2. The topological polar surface area (TPSA) is 65.5 Å². The lowest BCUT2D eigenvalue weighted by Gasteiger charge is -2.03. The first-order valence-corrected chi connectivity index (χ1v) is 6.41. The van der Waals surface area contributed by atoms with Gasteiger partial charge >= 0.3 is 0 Å². The lowest BCUT2D eigenvalue weighted by Crippen LogP contribution is -2.11. The van der Waals surface area contributed by atoms with Gasteiger partial charge in [-0.15, -0.1) is 10.2 Å². The average molecular weight is 261 g/mol. The van der Waals surface area contributed by atoms with Crippen molar-refractivity contribution in [2.24, 2.45) is 0 Å². The van der Waals surface area contributed by atoms with Gasteiger partial charge in [-0.25, -0.2) is 0 Å². The number of nitrogens with one attached hydrogen (secondary N) is 1. The maximum absolute atomic E-state index is 5.40. The Morgan fingerprint density at radius 1 is 1.18 bits per heavy atom. The average Bonchev–Trinajstić information content (AvgIpc) is 2.79. The van der Waals surface area contributed by atoms with Crippen LogP contribution in [0, 0.1) is 0 Å². The van der Waals surface area contributed by atoms with Crippen molar-refractivity contribution in [2.75, 3.05) is 40.1 Å². The van der Waals surface area contributed by atoms with Crippen LogP contribution in [0.25, 0.3) is 0 Å². The zero-order valence-electron chi connectivity index (χ0n) is 10.3. The Balaban J connectivity index is 2.08. The lowest BCUT2D eigenvalue weighted by molar-refractivity contribution is 0.0543. The molecule has 6 nitrogen and oxygen atoms in total. The molecule has 0 atom stereocenters. The fraction of sp³-hybridized carbons (Fsp3) is 0.800. The summed E-state index contributed by atoms with van der Waals surface area (Å²) >= 11 is 1.45. The second kappa shape index (κ2) is 9.29. The summed E-state index contributed by atoms with van der Waals surface area (Å²) in [5, 5.41) is 12.6. The zero-order chi connectivity index (χ0) is 12.3. The predicted molar refractivity (Wildman–Crippen MR) is 65.5 cm³/mol. The quantitative estimate of drug-likeness (QED) is 0.625. The fourth-order valence-electron chi connectivity index (χ4n) is 1.03. The van der Waals surface area contributed by atoms with Crippen LogP contribution in [-0.2, 0) is 16.0 Å². The Hall–Kier alpha value is -0.760. The van der Waals surface area contributed by atoms with Crippen molar-refractivity contribution in [1.82, 2.24) is 15.5 Å². The molecule has 0 saturated heterocycles. The Morgan fingerprint density at radius 3 is 2.76 bits per heavy atom. The van der Waals surface area contributed by atoms with Gasteiger partial charge in [0.2, 0.25) is 0 Å². The van der Waals surface area contributed by atoms with E-state index in [1.807, 2.05) is 0 Å². The van der Waals surface area contributed by atoms with Crippen LogP contribution >= 0.6 is 11.3 Å². The van der Waals surface area contributed by atoms with Gasteiger partial charge in [0.25, 0.3) is 5.19 Å². The summed E-state index contributed by atoms with van der Waals surface area (Å²) in [5.41, 5.74) is 0. The van der Waals surface area contributed by atoms with Crippen LogP contribution in [0.4, 0.5) is 0 Å². The molecular weight excluding hydrogens is 242 g/mol. The van der Waals surface area contributed by atoms with Gasteiger partial charge in [0, 0.05) is 13.7 Å². The van der Waals surface area contributed by atoms with Gasteiger partial charge in [0.05, 0.1) is 19.8 Å². The molecule has 1 aromatic heterocycles. The maximum Gasteiger partial charge on any atom is 0.294 e. The molecule has 0 unspecified atom stereocenters. The third kappa shape index (κ3) is 6.52. The molecule has 1 N–H and O–H groups in total. The molecule has 1 heterocycles. The van der Waals surface area contributed by atoms with E-state index in [-0.39, 0.29) is 0 Å². The van der Waals surface area contributed by atoms with E-state index in [2.05, 4.69) is 22.4 Å². The number of hydrogen-bond acceptors (Lipinski definition) is 7. The first-order chi connectivity index (χ1) is 8.36. The monoisotopic (exact) mass is 261 g/mol. The summed E-state index contributed by atoms with van der Waals surface area (Å²) in [6.07, 6.45) is 0. The normalized spacial score (nSPS) is 10.7. The van der Waals surface area contributed by atoms with Gasteiger partial charge in [0.1, 0.15) is 11.6 Å². The highest BCUT2D eigenvalue weighted by atomic mass is 32.1. The van der Waals surface area contributed by atoms with Crippen molar-refractivity contribution in [1.29, 1.82) is 0 Å². The van der Waals surface area contributed by atoms with Crippen LogP contribution in [0.2, 0.25) is 0 Å². The number of ether oxygens (including phenoxy) is 3. The molecule has 0 fully saturated rings. The van der Waals surface area contributed by atoms with E-state index in [1.165, 1.54) is 11.3 Å². The maximum atomic E-state index is 5.40. The van der Waals surface area contributed by atoms with Gasteiger partial charge in [-0.05, 0) is 6.54 Å². The zero-order valence-corrected chi connectivity index (χ0v) is 11.1. The van der Waals surface area contributed by atoms with Crippen LogP contribution in [0.3, 0.4) is 0 Å². The number of methoxy groups -OCH3 is 1. The van der Waals surface area contributed by atoms with E-state index in [9.17, 15) is 0 Å². The summed E-state index contributed by atoms with van der Waals surface area (Å²) < 4.78 is 15.5. The van der Waals surface area contributed by atoms with E-state index >= 15 is 0 Å². The van der Waals surface area contributed by atoms with Gasteiger partial charge in [-0.3, -0.25) is 0 Å². The smallest absolute Gasteiger partial charge is 0.294 e. The van der Waals surface area contributed by atoms with Crippen LogP contribution in [0.1, 0.15) is 11.9 Å². The molecule has 0 aliphatic carbocycles. The van der Waals surface area contributed by atoms with Crippen molar-refractivity contribution < 1.29 is 14.2 Å². The molecule has 17 heavy (non-hydrogen) atoms. The molecule has 0 aliphatic heterocycles. The minimum absolute atomic E-state index is 0.486. The third-order valence-electron chi connectivity index (χ3n) is 1.86. The molecule has 0 radical (unpaired) electrons. The van der Waals surface area contributed by atoms with E-state index in [4.69, 9.17) is 14.2 Å². The van der Waals surface area contributed by atoms with Crippen molar-refractivity contribution in [2.45, 2.75) is 13.5 Å². The molecular formula is C10H19N3O3S. The molecule has 0 amide bonds. The summed E-state index contributed by atoms with van der Waals surface area (Å²) in [6.45, 7) is 5.92. The highest BCUT2D eigenvalue weighted by molar-refractivity contribution is 7.13. The van der Waals surface area contributed by atoms with Crippen molar-refractivity contribution >= 4 is 11.3 Å². The molecule has 0 aromatic carbocycles. The van der Waals surface area contributed by atoms with Crippen LogP contribution in [-0.4, -0.2) is 50.3 Å². The Bertz CT molecular complexity index is 296. The van der Waals surface area contributed by atoms with Crippen molar-refractivity contribution in [3.63, 3.8) is 0 Å². The molecule has 1 aromatic rings. The molecule has 0 aliphatic rings. The molecule has 0 spiro atoms. The summed E-state index contributed by atoms with van der Waals surface area (Å²) in [4.78, 5) is 0. The Labute approximate surface area is 105 Å². The second-order valence-electron chi connectivity index (χ2n) is 3.20. The van der Waals surface area contributed by atoms with Gasteiger partial charge in [-0.2, -0.15) is 0 Å². The molecule has 0 saturated carbocycles. The number of hydrogen-bond donors (Lipinski definition) is 1. The van der Waals surface area contributed by atoms with Crippen LogP contribution in [0.15, 0.2) is 0 Å². The summed E-state index contributed by atoms with van der Waals surface area (Å²) in [6, 6.07) is 0. The SMILES string of the molecule is CCNCc1nnc(OCCOCCOC)s1. The third-order valence-corrected chi connectivity index (χ3v) is 2.70. The number of aromatic nitrogens is 2. The minimum Gasteiger partial charge on any atom is -0.466 e. The largest absolute Gasteiger partial charge is 0.466 e. The predicted octanol–water partition coefficient (Wildman–Crippen LogP) is 0.689. The van der Waals surface area contributed by atoms with E-state index in [1.54, 1.807) is 7.11 Å². The summed E-state index contributed by atoms with van der Waals surface area (Å²) in [5.74, 6) is 0. The highest BCUT2D eigenvalue weighted by Crippen LogP contribution is 2.17. The molecule has 1 rings (SSSR count). The summed E-state index contributed by atoms with van der Waals surface area (Å²) in [7, 11) is 1.65. The standard InChI is InChI=1S/C10H19N3O3S/c1-3-11-8-9-12-13-10(17-9)16-7-6-15-5-4-14-2/h11H,3-8H2,1-2H3. The Kier molecular flexibility index (Phi) is 7.81. The van der Waals surface area contributed by atoms with Gasteiger partial charge in [-0.1, -0.05) is 18.3 Å². The molecule has 98 valence electrons. The molecule has 0 bridgehead atoms. The Morgan fingerprint density at radius 2 is 2.00 bits per heavy atom. The molecule has 7 heteroatoms. The highest BCUT2D eigenvalue weighted by Gasteiger charge is 2.03. The lowest BCUT2D eigenvalue weighted by atomic mass is 10.6. The van der Waals surface area contributed by atoms with E-state index in [0.717, 1.165) is 18.1 Å². The van der Waals surface area contributed by atoms with Crippen LogP contribution in [0.5, 0.6) is 5.19 Å². The van der Waals surface area contributed by atoms with E-state index < -0.39 is 0 Å². The minimum atomic E-state index is 0.486. The first kappa shape index (κ1) is 14.3. The van der Waals surface area contributed by atoms with Gasteiger partial charge < -0.3 is 19.5 Å². The van der Waals surface area contributed by atoms with Gasteiger partial charge in [0.15, 0.2) is 0 Å². The second-order valence-corrected chi connectivity index (χ2v) is 4.22. The fourth-order valence-corrected chi connectivity index (χ4v) is 1.71. The van der Waals surface area contributed by atoms with Crippen LogP contribution < -0.4 is 10.1 Å². The first-order valence-electron chi connectivity index (χ1n) is 5.59. The van der Waals surface area contributed by atoms with Crippen molar-refractivity contribution in [3.05, 3.63) is 5.01 Å². The number of rotatable bonds is 10. The van der Waals surface area contributed by atoms with Crippen molar-refractivity contribution in [3.8, 4) is 5.19 Å². The van der Waals surface area contributed by atoms with E-state index in [0.29, 0.717) is 31.6 Å².